The molecule has 0 aromatic heterocycles. The fourth-order valence-corrected chi connectivity index (χ4v) is 2.46. The molecule has 2 aromatic carbocycles. The lowest BCUT2D eigenvalue weighted by Crippen LogP contribution is -2.20. The molecule has 0 fully saturated rings. The van der Waals surface area contributed by atoms with Crippen molar-refractivity contribution in [2.24, 2.45) is 0 Å². The Morgan fingerprint density at radius 1 is 1.27 bits per heavy atom. The molecular weight excluding hydrogens is 338 g/mol. The van der Waals surface area contributed by atoms with Crippen LogP contribution in [0.1, 0.15) is 17.2 Å². The van der Waals surface area contributed by atoms with Gasteiger partial charge >= 0.3 is 0 Å². The molecule has 0 saturated carbocycles. The van der Waals surface area contributed by atoms with Gasteiger partial charge < -0.3 is 4.74 Å². The van der Waals surface area contributed by atoms with Gasteiger partial charge in [-0.2, -0.15) is 0 Å². The van der Waals surface area contributed by atoms with Crippen LogP contribution >= 0.6 is 15.9 Å². The summed E-state index contributed by atoms with van der Waals surface area (Å²) < 4.78 is 6.31. The van der Waals surface area contributed by atoms with Gasteiger partial charge in [0.2, 0.25) is 0 Å². The normalized spacial score (nSPS) is 11.2. The second-order valence-electron chi connectivity index (χ2n) is 4.65. The van der Waals surface area contributed by atoms with Gasteiger partial charge in [-0.25, -0.2) is 0 Å². The quantitative estimate of drug-likeness (QED) is 0.636. The van der Waals surface area contributed by atoms with E-state index in [-0.39, 0.29) is 6.04 Å². The highest BCUT2D eigenvalue weighted by Gasteiger charge is 2.12. The average molecular weight is 356 g/mol. The lowest BCUT2D eigenvalue weighted by Gasteiger charge is -2.15. The zero-order valence-electron chi connectivity index (χ0n) is 12.5. The van der Waals surface area contributed by atoms with Gasteiger partial charge in [-0.05, 0) is 35.9 Å². The minimum atomic E-state index is -0.109. The molecule has 0 spiro atoms. The van der Waals surface area contributed by atoms with E-state index in [1.165, 1.54) is 0 Å². The van der Waals surface area contributed by atoms with Crippen LogP contribution in [0.4, 0.5) is 0 Å². The van der Waals surface area contributed by atoms with E-state index in [2.05, 4.69) is 39.7 Å². The first-order valence-corrected chi connectivity index (χ1v) is 7.78. The van der Waals surface area contributed by atoms with Crippen molar-refractivity contribution < 1.29 is 4.74 Å². The first-order chi connectivity index (χ1) is 10.7. The Morgan fingerprint density at radius 2 is 2.05 bits per heavy atom. The first kappa shape index (κ1) is 16.4. The van der Waals surface area contributed by atoms with Crippen LogP contribution < -0.4 is 10.1 Å². The lowest BCUT2D eigenvalue weighted by atomic mass is 10.1. The van der Waals surface area contributed by atoms with E-state index in [4.69, 9.17) is 4.74 Å². The number of ether oxygens (including phenoxy) is 1. The number of rotatable bonds is 5. The Labute approximate surface area is 140 Å². The van der Waals surface area contributed by atoms with Crippen molar-refractivity contribution in [3.05, 3.63) is 76.8 Å². The molecular formula is C19H18BrNO. The molecule has 1 atom stereocenters. The van der Waals surface area contributed by atoms with Crippen LogP contribution in [-0.4, -0.2) is 13.7 Å². The van der Waals surface area contributed by atoms with Gasteiger partial charge in [-0.15, -0.1) is 6.58 Å². The number of methoxy groups -OCH3 is 1. The van der Waals surface area contributed by atoms with Gasteiger partial charge in [0, 0.05) is 16.6 Å². The predicted molar refractivity (Wildman–Crippen MR) is 95.0 cm³/mol. The molecule has 112 valence electrons. The van der Waals surface area contributed by atoms with Crippen LogP contribution in [0.5, 0.6) is 5.75 Å². The highest BCUT2D eigenvalue weighted by Crippen LogP contribution is 2.27. The van der Waals surface area contributed by atoms with Gasteiger partial charge in [-0.3, -0.25) is 5.32 Å². The van der Waals surface area contributed by atoms with Crippen LogP contribution in [0.3, 0.4) is 0 Å². The molecule has 1 N–H and O–H groups in total. The summed E-state index contributed by atoms with van der Waals surface area (Å²) in [6.45, 7) is 4.43. The molecule has 22 heavy (non-hydrogen) atoms. The monoisotopic (exact) mass is 355 g/mol. The van der Waals surface area contributed by atoms with Crippen molar-refractivity contribution in [3.63, 3.8) is 0 Å². The summed E-state index contributed by atoms with van der Waals surface area (Å²) in [5, 5.41) is 3.37. The van der Waals surface area contributed by atoms with Gasteiger partial charge in [0.1, 0.15) is 5.75 Å². The maximum atomic E-state index is 5.31. The van der Waals surface area contributed by atoms with Gasteiger partial charge in [0.25, 0.3) is 0 Å². The van der Waals surface area contributed by atoms with Crippen molar-refractivity contribution in [2.45, 2.75) is 6.04 Å². The van der Waals surface area contributed by atoms with Crippen LogP contribution in [0.15, 0.2) is 65.7 Å². The van der Waals surface area contributed by atoms with Crippen molar-refractivity contribution >= 4 is 15.9 Å². The summed E-state index contributed by atoms with van der Waals surface area (Å²) >= 11 is 3.59. The number of nitrogens with one attached hydrogen (secondary N) is 1. The molecule has 0 aliphatic heterocycles. The Hall–Kier alpha value is -2.02. The molecule has 0 bridgehead atoms. The summed E-state index contributed by atoms with van der Waals surface area (Å²) in [7, 11) is 1.66. The number of benzene rings is 2. The summed E-state index contributed by atoms with van der Waals surface area (Å²) in [5.74, 6) is 7.30. The third-order valence-electron chi connectivity index (χ3n) is 3.12. The Bertz CT molecular complexity index is 686. The average Bonchev–Trinajstić information content (AvgIpc) is 2.57. The summed E-state index contributed by atoms with van der Waals surface area (Å²) in [4.78, 5) is 0. The van der Waals surface area contributed by atoms with E-state index in [1.807, 2.05) is 54.6 Å². The first-order valence-electron chi connectivity index (χ1n) is 6.99. The topological polar surface area (TPSA) is 21.3 Å². The lowest BCUT2D eigenvalue weighted by molar-refractivity contribution is 0.413. The number of hydrogen-bond donors (Lipinski definition) is 1. The summed E-state index contributed by atoms with van der Waals surface area (Å²) in [5.41, 5.74) is 2.04. The molecule has 0 saturated heterocycles. The molecule has 0 heterocycles. The second kappa shape index (κ2) is 8.43. The van der Waals surface area contributed by atoms with E-state index < -0.39 is 0 Å². The van der Waals surface area contributed by atoms with Crippen molar-refractivity contribution in [1.82, 2.24) is 5.32 Å². The Morgan fingerprint density at radius 3 is 2.73 bits per heavy atom. The van der Waals surface area contributed by atoms with Gasteiger partial charge in [0.05, 0.1) is 13.2 Å². The third-order valence-corrected chi connectivity index (χ3v) is 3.84. The number of hydrogen-bond acceptors (Lipinski definition) is 2. The molecule has 0 aliphatic carbocycles. The summed E-state index contributed by atoms with van der Waals surface area (Å²) in [6.07, 6.45) is 1.82. The third kappa shape index (κ3) is 4.49. The van der Waals surface area contributed by atoms with Gasteiger partial charge in [-0.1, -0.05) is 52.0 Å². The highest BCUT2D eigenvalue weighted by molar-refractivity contribution is 9.10. The number of halogens is 1. The minimum absolute atomic E-state index is 0.109. The predicted octanol–water partition coefficient (Wildman–Crippen LogP) is 4.33. The second-order valence-corrected chi connectivity index (χ2v) is 5.51. The van der Waals surface area contributed by atoms with Crippen molar-refractivity contribution in [1.29, 1.82) is 0 Å². The standard InChI is InChI=1S/C19H18BrNO/c1-3-13-21-19(12-9-15-7-5-4-6-8-15)17-14-16(22-2)10-11-18(17)20/h3-8,10-11,14,19,21H,1,13H2,2H3. The van der Waals surface area contributed by atoms with E-state index in [0.29, 0.717) is 6.54 Å². The van der Waals surface area contributed by atoms with Crippen molar-refractivity contribution in [2.75, 3.05) is 13.7 Å². The van der Waals surface area contributed by atoms with Crippen LogP contribution in [0.25, 0.3) is 0 Å². The van der Waals surface area contributed by atoms with E-state index >= 15 is 0 Å². The minimum Gasteiger partial charge on any atom is -0.497 e. The SMILES string of the molecule is C=CCNC(C#Cc1ccccc1)c1cc(OC)ccc1Br. The maximum Gasteiger partial charge on any atom is 0.119 e. The van der Waals surface area contributed by atoms with Crippen LogP contribution in [0.2, 0.25) is 0 Å². The highest BCUT2D eigenvalue weighted by atomic mass is 79.9. The molecule has 0 radical (unpaired) electrons. The molecule has 3 heteroatoms. The maximum absolute atomic E-state index is 5.31. The van der Waals surface area contributed by atoms with Crippen molar-refractivity contribution in [3.8, 4) is 17.6 Å². The Kier molecular flexibility index (Phi) is 6.27. The molecule has 0 aliphatic rings. The van der Waals surface area contributed by atoms with Crippen LogP contribution in [-0.2, 0) is 0 Å². The Balaban J connectivity index is 2.34. The largest absolute Gasteiger partial charge is 0.497 e. The fraction of sp³-hybridized carbons (Fsp3) is 0.158. The van der Waals surface area contributed by atoms with Crippen LogP contribution in [0, 0.1) is 11.8 Å². The smallest absolute Gasteiger partial charge is 0.119 e. The molecule has 2 aromatic rings. The molecule has 0 amide bonds. The zero-order valence-corrected chi connectivity index (χ0v) is 14.1. The summed E-state index contributed by atoms with van der Waals surface area (Å²) in [6, 6.07) is 15.7. The van der Waals surface area contributed by atoms with E-state index in [1.54, 1.807) is 7.11 Å². The molecule has 2 rings (SSSR count). The van der Waals surface area contributed by atoms with E-state index in [0.717, 1.165) is 21.3 Å². The molecule has 1 unspecified atom stereocenters. The van der Waals surface area contributed by atoms with Gasteiger partial charge in [0.15, 0.2) is 0 Å². The fourth-order valence-electron chi connectivity index (χ4n) is 1.99. The zero-order chi connectivity index (χ0) is 15.8. The van der Waals surface area contributed by atoms with E-state index in [9.17, 15) is 0 Å². The molecule has 2 nitrogen and oxygen atoms in total.